The van der Waals surface area contributed by atoms with E-state index in [9.17, 15) is 4.79 Å². The molecule has 1 saturated heterocycles. The number of nitrogens with two attached hydrogens (primary N) is 1. The average Bonchev–Trinajstić information content (AvgIpc) is 2.63. The van der Waals surface area contributed by atoms with E-state index in [4.69, 9.17) is 45.3 Å². The summed E-state index contributed by atoms with van der Waals surface area (Å²) in [5, 5.41) is 0. The van der Waals surface area contributed by atoms with Crippen molar-refractivity contribution in [2.24, 2.45) is 5.73 Å². The SMILES string of the molecule is N[C@H](CCN1CCN(C(=O)OCC(Cl)(Cl)Cl)CC1)CSc1ccccc1. The molecular formula is C17H24Cl3N3O2S. The summed E-state index contributed by atoms with van der Waals surface area (Å²) >= 11 is 18.5. The van der Waals surface area contributed by atoms with Gasteiger partial charge in [0, 0.05) is 42.9 Å². The molecule has 2 N–H and O–H groups in total. The van der Waals surface area contributed by atoms with E-state index >= 15 is 0 Å². The highest BCUT2D eigenvalue weighted by molar-refractivity contribution is 7.99. The minimum atomic E-state index is -1.58. The van der Waals surface area contributed by atoms with Crippen molar-refractivity contribution in [2.75, 3.05) is 45.1 Å². The number of alkyl halides is 3. The minimum Gasteiger partial charge on any atom is -0.445 e. The maximum atomic E-state index is 11.9. The average molecular weight is 441 g/mol. The first-order valence-electron chi connectivity index (χ1n) is 8.48. The van der Waals surface area contributed by atoms with Gasteiger partial charge >= 0.3 is 6.09 Å². The molecule has 146 valence electrons. The van der Waals surface area contributed by atoms with Crippen molar-refractivity contribution >= 4 is 52.7 Å². The van der Waals surface area contributed by atoms with Gasteiger partial charge < -0.3 is 15.4 Å². The third-order valence-corrected chi connectivity index (χ3v) is 5.54. The quantitative estimate of drug-likeness (QED) is 0.518. The third-order valence-electron chi connectivity index (χ3n) is 4.01. The van der Waals surface area contributed by atoms with Gasteiger partial charge in [0.1, 0.15) is 6.61 Å². The van der Waals surface area contributed by atoms with Crippen molar-refractivity contribution in [3.05, 3.63) is 30.3 Å². The predicted octanol–water partition coefficient (Wildman–Crippen LogP) is 3.62. The molecule has 0 aromatic heterocycles. The van der Waals surface area contributed by atoms with E-state index in [0.717, 1.165) is 31.8 Å². The highest BCUT2D eigenvalue weighted by atomic mass is 35.6. The number of benzene rings is 1. The van der Waals surface area contributed by atoms with E-state index < -0.39 is 9.89 Å². The fourth-order valence-corrected chi connectivity index (χ4v) is 3.63. The van der Waals surface area contributed by atoms with Crippen molar-refractivity contribution in [1.82, 2.24) is 9.80 Å². The zero-order valence-electron chi connectivity index (χ0n) is 14.5. The largest absolute Gasteiger partial charge is 0.445 e. The standard InChI is InChI=1S/C17H24Cl3N3O2S/c18-17(19,20)13-25-16(24)23-10-8-22(9-11-23)7-6-14(21)12-26-15-4-2-1-3-5-15/h1-5,14H,6-13,21H2/t14-/m1/s1. The number of amides is 1. The molecule has 9 heteroatoms. The van der Waals surface area contributed by atoms with Crippen LogP contribution in [0.4, 0.5) is 4.79 Å². The summed E-state index contributed by atoms with van der Waals surface area (Å²) in [5.41, 5.74) is 6.22. The topological polar surface area (TPSA) is 58.8 Å². The highest BCUT2D eigenvalue weighted by Crippen LogP contribution is 2.26. The molecule has 1 fully saturated rings. The molecule has 2 rings (SSSR count). The maximum Gasteiger partial charge on any atom is 0.409 e. The molecule has 1 aromatic carbocycles. The molecule has 0 unspecified atom stereocenters. The summed E-state index contributed by atoms with van der Waals surface area (Å²) < 4.78 is 3.43. The Kier molecular flexibility index (Phi) is 9.14. The number of hydrogen-bond donors (Lipinski definition) is 1. The molecule has 1 atom stereocenters. The Labute approximate surface area is 174 Å². The van der Waals surface area contributed by atoms with E-state index in [1.807, 2.05) is 18.2 Å². The number of hydrogen-bond acceptors (Lipinski definition) is 5. The van der Waals surface area contributed by atoms with Crippen LogP contribution in [0, 0.1) is 0 Å². The summed E-state index contributed by atoms with van der Waals surface area (Å²) in [6, 6.07) is 10.4. The van der Waals surface area contributed by atoms with Gasteiger partial charge in [-0.1, -0.05) is 53.0 Å². The Morgan fingerprint density at radius 2 is 1.85 bits per heavy atom. The number of thioether (sulfide) groups is 1. The normalized spacial score (nSPS) is 17.2. The zero-order chi connectivity index (χ0) is 19.0. The number of ether oxygens (including phenoxy) is 1. The van der Waals surface area contributed by atoms with E-state index in [-0.39, 0.29) is 12.6 Å². The summed E-state index contributed by atoms with van der Waals surface area (Å²) in [6.07, 6.45) is 0.490. The van der Waals surface area contributed by atoms with Crippen molar-refractivity contribution in [2.45, 2.75) is 21.2 Å². The molecule has 1 aliphatic rings. The van der Waals surface area contributed by atoms with Gasteiger partial charge in [-0.25, -0.2) is 4.79 Å². The Morgan fingerprint density at radius 3 is 2.46 bits per heavy atom. The van der Waals surface area contributed by atoms with Gasteiger partial charge in [0.15, 0.2) is 0 Å². The molecule has 0 radical (unpaired) electrons. The van der Waals surface area contributed by atoms with Crippen molar-refractivity contribution in [3.63, 3.8) is 0 Å². The number of carbonyl (C=O) groups is 1. The van der Waals surface area contributed by atoms with Gasteiger partial charge in [-0.15, -0.1) is 11.8 Å². The molecule has 0 saturated carbocycles. The van der Waals surface area contributed by atoms with Crippen LogP contribution in [0.3, 0.4) is 0 Å². The van der Waals surface area contributed by atoms with Gasteiger partial charge in [-0.3, -0.25) is 4.90 Å². The smallest absolute Gasteiger partial charge is 0.409 e. The number of rotatable bonds is 7. The predicted molar refractivity (Wildman–Crippen MR) is 109 cm³/mol. The molecule has 0 spiro atoms. The minimum absolute atomic E-state index is 0.146. The summed E-state index contributed by atoms with van der Waals surface area (Å²) in [7, 11) is 0. The fraction of sp³-hybridized carbons (Fsp3) is 0.588. The first-order chi connectivity index (χ1) is 12.3. The fourth-order valence-electron chi connectivity index (χ4n) is 2.54. The van der Waals surface area contributed by atoms with Crippen LogP contribution >= 0.6 is 46.6 Å². The van der Waals surface area contributed by atoms with E-state index in [0.29, 0.717) is 13.1 Å². The molecular weight excluding hydrogens is 417 g/mol. The molecule has 1 aromatic rings. The summed E-state index contributed by atoms with van der Waals surface area (Å²) in [5.74, 6) is 0.896. The molecule has 0 aliphatic carbocycles. The third kappa shape index (κ3) is 8.55. The van der Waals surface area contributed by atoms with Gasteiger partial charge in [0.2, 0.25) is 3.79 Å². The summed E-state index contributed by atoms with van der Waals surface area (Å²) in [4.78, 5) is 17.1. The Bertz CT molecular complexity index is 552. The van der Waals surface area contributed by atoms with Crippen LogP contribution in [0.2, 0.25) is 0 Å². The Morgan fingerprint density at radius 1 is 1.19 bits per heavy atom. The van der Waals surface area contributed by atoms with Gasteiger partial charge in [-0.2, -0.15) is 0 Å². The molecule has 1 amide bonds. The second kappa shape index (κ2) is 10.8. The maximum absolute atomic E-state index is 11.9. The van der Waals surface area contributed by atoms with Crippen LogP contribution < -0.4 is 5.73 Å². The van der Waals surface area contributed by atoms with Gasteiger partial charge in [0.25, 0.3) is 0 Å². The van der Waals surface area contributed by atoms with Crippen LogP contribution in [0.5, 0.6) is 0 Å². The van der Waals surface area contributed by atoms with E-state index in [1.54, 1.807) is 16.7 Å². The molecule has 26 heavy (non-hydrogen) atoms. The van der Waals surface area contributed by atoms with Crippen LogP contribution in [-0.2, 0) is 4.74 Å². The molecule has 1 heterocycles. The van der Waals surface area contributed by atoms with Gasteiger partial charge in [0.05, 0.1) is 0 Å². The number of nitrogens with zero attached hydrogens (tertiary/aromatic N) is 2. The highest BCUT2D eigenvalue weighted by Gasteiger charge is 2.26. The second-order valence-corrected chi connectivity index (χ2v) is 9.78. The lowest BCUT2D eigenvalue weighted by Gasteiger charge is -2.34. The van der Waals surface area contributed by atoms with Crippen LogP contribution in [-0.4, -0.2) is 70.8 Å². The lowest BCUT2D eigenvalue weighted by molar-refractivity contribution is 0.0768. The second-order valence-electron chi connectivity index (χ2n) is 6.17. The van der Waals surface area contributed by atoms with Crippen molar-refractivity contribution in [3.8, 4) is 0 Å². The van der Waals surface area contributed by atoms with Crippen LogP contribution in [0.1, 0.15) is 6.42 Å². The Balaban J connectivity index is 1.60. The zero-order valence-corrected chi connectivity index (χ0v) is 17.5. The monoisotopic (exact) mass is 439 g/mol. The van der Waals surface area contributed by atoms with Crippen molar-refractivity contribution < 1.29 is 9.53 Å². The first-order valence-corrected chi connectivity index (χ1v) is 10.6. The van der Waals surface area contributed by atoms with E-state index in [1.165, 1.54) is 4.90 Å². The lowest BCUT2D eigenvalue weighted by atomic mass is 10.2. The van der Waals surface area contributed by atoms with Crippen LogP contribution in [0.15, 0.2) is 35.2 Å². The first kappa shape index (κ1) is 21.9. The summed E-state index contributed by atoms with van der Waals surface area (Å²) in [6.45, 7) is 3.47. The number of carbonyl (C=O) groups excluding carboxylic acids is 1. The lowest BCUT2D eigenvalue weighted by Crippen LogP contribution is -2.49. The molecule has 5 nitrogen and oxygen atoms in total. The number of piperazine rings is 1. The van der Waals surface area contributed by atoms with E-state index in [2.05, 4.69) is 17.0 Å². The Hall–Kier alpha value is -0.370. The van der Waals surface area contributed by atoms with Gasteiger partial charge in [-0.05, 0) is 25.1 Å². The van der Waals surface area contributed by atoms with Crippen LogP contribution in [0.25, 0.3) is 0 Å². The van der Waals surface area contributed by atoms with Crippen molar-refractivity contribution in [1.29, 1.82) is 0 Å². The number of halogens is 3. The molecule has 1 aliphatic heterocycles. The molecule has 0 bridgehead atoms.